The van der Waals surface area contributed by atoms with Crippen molar-refractivity contribution in [2.45, 2.75) is 0 Å². The van der Waals surface area contributed by atoms with Crippen LogP contribution < -0.4 is 4.90 Å². The smallest absolute Gasteiger partial charge is 0.135 e. The Labute approximate surface area is 251 Å². The first-order chi connectivity index (χ1) is 21.3. The molecule has 9 rings (SSSR count). The maximum Gasteiger partial charge on any atom is 0.135 e. The van der Waals surface area contributed by atoms with Crippen LogP contribution in [-0.4, -0.2) is 4.98 Å². The standard InChI is InChI=1S/C39H24N2OS/c1-2-6-25(7-3-1)26-10-13-28(14-11-26)41(29-16-19-37-35(22-29)32-8-4-5-9-36(32)42-37)30-15-18-33-34-17-12-27-24-40-21-20-31(27)39(34)43-38(33)23-30/h1-24H. The summed E-state index contributed by atoms with van der Waals surface area (Å²) in [6, 6.07) is 47.5. The van der Waals surface area contributed by atoms with E-state index in [4.69, 9.17) is 4.42 Å². The molecule has 0 saturated carbocycles. The summed E-state index contributed by atoms with van der Waals surface area (Å²) in [5.74, 6) is 0. The van der Waals surface area contributed by atoms with Crippen molar-refractivity contribution < 1.29 is 4.42 Å². The third-order valence-corrected chi connectivity index (χ3v) is 9.55. The van der Waals surface area contributed by atoms with E-state index in [0.29, 0.717) is 0 Å². The van der Waals surface area contributed by atoms with Crippen LogP contribution in [0.4, 0.5) is 17.1 Å². The van der Waals surface area contributed by atoms with E-state index in [1.54, 1.807) is 0 Å². The van der Waals surface area contributed by atoms with E-state index in [0.717, 1.165) is 39.0 Å². The summed E-state index contributed by atoms with van der Waals surface area (Å²) in [7, 11) is 0. The van der Waals surface area contributed by atoms with Crippen LogP contribution in [0, 0.1) is 0 Å². The highest BCUT2D eigenvalue weighted by Gasteiger charge is 2.17. The lowest BCUT2D eigenvalue weighted by Crippen LogP contribution is -2.09. The maximum atomic E-state index is 6.17. The third kappa shape index (κ3) is 3.92. The summed E-state index contributed by atoms with van der Waals surface area (Å²) in [5, 5.41) is 7.22. The lowest BCUT2D eigenvalue weighted by molar-refractivity contribution is 0.669. The Morgan fingerprint density at radius 1 is 0.512 bits per heavy atom. The number of para-hydroxylation sites is 1. The fraction of sp³-hybridized carbons (Fsp3) is 0. The SMILES string of the molecule is c1ccc(-c2ccc(N(c3ccc4c(c3)sc3c5ccncc5ccc43)c3ccc4oc5ccccc5c4c3)cc2)cc1. The molecule has 4 heteroatoms. The Kier molecular flexibility index (Phi) is 5.37. The summed E-state index contributed by atoms with van der Waals surface area (Å²) in [5.41, 5.74) is 7.51. The van der Waals surface area contributed by atoms with Gasteiger partial charge in [-0.15, -0.1) is 11.3 Å². The molecule has 0 aliphatic rings. The van der Waals surface area contributed by atoms with Crippen LogP contribution in [0.25, 0.3) is 64.0 Å². The molecule has 0 radical (unpaired) electrons. The van der Waals surface area contributed by atoms with Crippen LogP contribution in [0.2, 0.25) is 0 Å². The van der Waals surface area contributed by atoms with Crippen molar-refractivity contribution in [2.24, 2.45) is 0 Å². The van der Waals surface area contributed by atoms with Crippen LogP contribution in [-0.2, 0) is 0 Å². The van der Waals surface area contributed by atoms with E-state index in [1.807, 2.05) is 35.9 Å². The van der Waals surface area contributed by atoms with E-state index in [1.165, 1.54) is 42.1 Å². The zero-order valence-corrected chi connectivity index (χ0v) is 23.9. The highest BCUT2D eigenvalue weighted by molar-refractivity contribution is 7.26. The van der Waals surface area contributed by atoms with E-state index in [-0.39, 0.29) is 0 Å². The molecule has 0 amide bonds. The largest absolute Gasteiger partial charge is 0.456 e. The molecule has 202 valence electrons. The molecule has 0 fully saturated rings. The summed E-state index contributed by atoms with van der Waals surface area (Å²) < 4.78 is 8.73. The van der Waals surface area contributed by atoms with Gasteiger partial charge in [0.25, 0.3) is 0 Å². The molecule has 43 heavy (non-hydrogen) atoms. The lowest BCUT2D eigenvalue weighted by atomic mass is 10.0. The highest BCUT2D eigenvalue weighted by Crippen LogP contribution is 2.43. The number of rotatable bonds is 4. The number of nitrogens with zero attached hydrogens (tertiary/aromatic N) is 2. The lowest BCUT2D eigenvalue weighted by Gasteiger charge is -2.26. The van der Waals surface area contributed by atoms with Crippen LogP contribution in [0.15, 0.2) is 150 Å². The van der Waals surface area contributed by atoms with Gasteiger partial charge in [0.2, 0.25) is 0 Å². The average Bonchev–Trinajstić information content (AvgIpc) is 3.64. The normalized spacial score (nSPS) is 11.7. The number of thiophene rings is 1. The quantitative estimate of drug-likeness (QED) is 0.211. The number of pyridine rings is 1. The molecule has 0 aliphatic heterocycles. The van der Waals surface area contributed by atoms with Crippen molar-refractivity contribution >= 4 is 81.3 Å². The third-order valence-electron chi connectivity index (χ3n) is 8.35. The molecule has 9 aromatic rings. The van der Waals surface area contributed by atoms with Gasteiger partial charge in [0.05, 0.1) is 0 Å². The van der Waals surface area contributed by atoms with Gasteiger partial charge in [0, 0.05) is 71.2 Å². The van der Waals surface area contributed by atoms with Gasteiger partial charge in [-0.1, -0.05) is 78.9 Å². The first kappa shape index (κ1) is 24.2. The number of aromatic nitrogens is 1. The van der Waals surface area contributed by atoms with Gasteiger partial charge in [-0.2, -0.15) is 0 Å². The Balaban J connectivity index is 1.24. The molecule has 0 spiro atoms. The predicted octanol–water partition coefficient (Wildman–Crippen LogP) is 11.6. The highest BCUT2D eigenvalue weighted by atomic mass is 32.1. The van der Waals surface area contributed by atoms with Gasteiger partial charge in [0.15, 0.2) is 0 Å². The Bertz CT molecular complexity index is 2460. The minimum Gasteiger partial charge on any atom is -0.456 e. The fourth-order valence-corrected chi connectivity index (χ4v) is 7.53. The van der Waals surface area contributed by atoms with E-state index in [9.17, 15) is 0 Å². The molecule has 3 heterocycles. The van der Waals surface area contributed by atoms with Gasteiger partial charge < -0.3 is 9.32 Å². The molecule has 0 unspecified atom stereocenters. The van der Waals surface area contributed by atoms with Gasteiger partial charge in [-0.3, -0.25) is 4.98 Å². The van der Waals surface area contributed by atoms with E-state index >= 15 is 0 Å². The number of hydrogen-bond acceptors (Lipinski definition) is 4. The van der Waals surface area contributed by atoms with Crippen molar-refractivity contribution in [3.05, 3.63) is 146 Å². The summed E-state index contributed by atoms with van der Waals surface area (Å²) in [6.45, 7) is 0. The second-order valence-electron chi connectivity index (χ2n) is 10.8. The van der Waals surface area contributed by atoms with E-state index < -0.39 is 0 Å². The minimum atomic E-state index is 0.894. The molecular weight excluding hydrogens is 545 g/mol. The van der Waals surface area contributed by atoms with Crippen molar-refractivity contribution in [1.82, 2.24) is 4.98 Å². The summed E-state index contributed by atoms with van der Waals surface area (Å²) in [4.78, 5) is 6.68. The first-order valence-corrected chi connectivity index (χ1v) is 15.2. The molecule has 3 nitrogen and oxygen atoms in total. The number of anilines is 3. The first-order valence-electron chi connectivity index (χ1n) is 14.4. The molecule has 0 bridgehead atoms. The summed E-state index contributed by atoms with van der Waals surface area (Å²) in [6.07, 6.45) is 3.83. The van der Waals surface area contributed by atoms with Crippen LogP contribution in [0.3, 0.4) is 0 Å². The fourth-order valence-electron chi connectivity index (χ4n) is 6.26. The average molecular weight is 569 g/mol. The predicted molar refractivity (Wildman–Crippen MR) is 182 cm³/mol. The Morgan fingerprint density at radius 2 is 1.23 bits per heavy atom. The molecule has 0 atom stereocenters. The van der Waals surface area contributed by atoms with Gasteiger partial charge in [-0.25, -0.2) is 0 Å². The van der Waals surface area contributed by atoms with Crippen LogP contribution >= 0.6 is 11.3 Å². The molecule has 0 saturated heterocycles. The Morgan fingerprint density at radius 3 is 2.14 bits per heavy atom. The molecule has 0 aliphatic carbocycles. The zero-order chi connectivity index (χ0) is 28.3. The number of benzene rings is 6. The summed E-state index contributed by atoms with van der Waals surface area (Å²) >= 11 is 1.85. The van der Waals surface area contributed by atoms with Crippen molar-refractivity contribution in [3.8, 4) is 11.1 Å². The molecular formula is C39H24N2OS. The van der Waals surface area contributed by atoms with Gasteiger partial charge >= 0.3 is 0 Å². The maximum absolute atomic E-state index is 6.17. The second-order valence-corrected chi connectivity index (χ2v) is 11.9. The molecule has 3 aromatic heterocycles. The number of furan rings is 1. The van der Waals surface area contributed by atoms with Gasteiger partial charge in [-0.05, 0) is 65.7 Å². The van der Waals surface area contributed by atoms with Crippen molar-refractivity contribution in [3.63, 3.8) is 0 Å². The zero-order valence-electron chi connectivity index (χ0n) is 23.1. The number of fused-ring (bicyclic) bond motifs is 8. The number of hydrogen-bond donors (Lipinski definition) is 0. The Hall–Kier alpha value is -5.45. The van der Waals surface area contributed by atoms with Crippen molar-refractivity contribution in [1.29, 1.82) is 0 Å². The second kappa shape index (κ2) is 9.55. The molecule has 6 aromatic carbocycles. The minimum absolute atomic E-state index is 0.894. The monoisotopic (exact) mass is 568 g/mol. The van der Waals surface area contributed by atoms with Crippen LogP contribution in [0.1, 0.15) is 0 Å². The molecule has 0 N–H and O–H groups in total. The van der Waals surface area contributed by atoms with E-state index in [2.05, 4.69) is 131 Å². The van der Waals surface area contributed by atoms with Gasteiger partial charge in [0.1, 0.15) is 11.2 Å². The topological polar surface area (TPSA) is 29.3 Å². The van der Waals surface area contributed by atoms with Crippen LogP contribution in [0.5, 0.6) is 0 Å². The van der Waals surface area contributed by atoms with Crippen molar-refractivity contribution in [2.75, 3.05) is 4.90 Å².